The molecule has 0 unspecified atom stereocenters. The van der Waals surface area contributed by atoms with Crippen molar-refractivity contribution in [1.29, 1.82) is 0 Å². The van der Waals surface area contributed by atoms with E-state index in [0.29, 0.717) is 26.2 Å². The molecule has 1 heterocycles. The van der Waals surface area contributed by atoms with Crippen LogP contribution in [0.15, 0.2) is 42.5 Å². The van der Waals surface area contributed by atoms with Crippen LogP contribution < -0.4 is 11.1 Å². The van der Waals surface area contributed by atoms with Crippen molar-refractivity contribution in [2.75, 3.05) is 26.2 Å². The molecule has 2 rings (SSSR count). The Hall–Kier alpha value is -1.40. The average molecular weight is 352 g/mol. The lowest BCUT2D eigenvalue weighted by Gasteiger charge is -2.21. The van der Waals surface area contributed by atoms with Crippen LogP contribution in [0.1, 0.15) is 10.4 Å². The third-order valence-corrected chi connectivity index (χ3v) is 4.69. The first-order chi connectivity index (χ1) is 11.2. The fourth-order valence-corrected chi connectivity index (χ4v) is 3.30. The van der Waals surface area contributed by atoms with Crippen LogP contribution in [0.3, 0.4) is 0 Å². The second-order valence-electron chi connectivity index (χ2n) is 5.28. The Morgan fingerprint density at radius 1 is 1.17 bits per heavy atom. The molecule has 0 saturated heterocycles. The van der Waals surface area contributed by atoms with Crippen LogP contribution in [-0.4, -0.2) is 37.0 Å². The largest absolute Gasteiger partial charge is 0.350 e. The minimum atomic E-state index is 0.0102. The third kappa shape index (κ3) is 6.71. The van der Waals surface area contributed by atoms with Gasteiger partial charge in [-0.1, -0.05) is 41.9 Å². The maximum absolute atomic E-state index is 12.1. The van der Waals surface area contributed by atoms with Gasteiger partial charge in [0.05, 0.1) is 17.4 Å². The van der Waals surface area contributed by atoms with Crippen LogP contribution in [-0.2, 0) is 17.8 Å². The third-order valence-electron chi connectivity index (χ3n) is 3.46. The lowest BCUT2D eigenvalue weighted by Crippen LogP contribution is -2.40. The Kier molecular flexibility index (Phi) is 7.55. The molecule has 0 spiro atoms. The minimum absolute atomic E-state index is 0.0102. The highest BCUT2D eigenvalue weighted by molar-refractivity contribution is 7.16. The van der Waals surface area contributed by atoms with E-state index in [4.69, 9.17) is 17.3 Å². The van der Waals surface area contributed by atoms with E-state index < -0.39 is 0 Å². The van der Waals surface area contributed by atoms with Gasteiger partial charge < -0.3 is 11.1 Å². The molecule has 0 saturated carbocycles. The monoisotopic (exact) mass is 351 g/mol. The van der Waals surface area contributed by atoms with E-state index in [9.17, 15) is 4.79 Å². The number of rotatable bonds is 9. The van der Waals surface area contributed by atoms with E-state index >= 15 is 0 Å². The second kappa shape index (κ2) is 9.67. The standard InChI is InChI=1S/C17H22ClN3OS/c18-16-7-6-15(23-16)12-20-17(22)13-21(11-9-19)10-8-14-4-2-1-3-5-14/h1-7H,8-13,19H2,(H,20,22). The van der Waals surface area contributed by atoms with E-state index in [2.05, 4.69) is 22.3 Å². The molecule has 1 amide bonds. The molecule has 1 aromatic heterocycles. The van der Waals surface area contributed by atoms with E-state index in [0.717, 1.165) is 22.2 Å². The van der Waals surface area contributed by atoms with Crippen molar-refractivity contribution in [2.45, 2.75) is 13.0 Å². The van der Waals surface area contributed by atoms with Gasteiger partial charge in [-0.05, 0) is 24.1 Å². The number of nitrogens with one attached hydrogen (secondary N) is 1. The van der Waals surface area contributed by atoms with Crippen LogP contribution in [0, 0.1) is 0 Å². The molecule has 0 bridgehead atoms. The number of carbonyl (C=O) groups excluding carboxylic acids is 1. The molecule has 0 fully saturated rings. The number of hydrogen-bond donors (Lipinski definition) is 2. The van der Waals surface area contributed by atoms with Crippen molar-refractivity contribution in [2.24, 2.45) is 5.73 Å². The molecule has 23 heavy (non-hydrogen) atoms. The van der Waals surface area contributed by atoms with Crippen LogP contribution >= 0.6 is 22.9 Å². The zero-order valence-electron chi connectivity index (χ0n) is 13.0. The van der Waals surface area contributed by atoms with Crippen molar-refractivity contribution < 1.29 is 4.79 Å². The Bertz CT molecular complexity index is 603. The van der Waals surface area contributed by atoms with Gasteiger partial charge in [-0.2, -0.15) is 0 Å². The zero-order chi connectivity index (χ0) is 16.5. The summed E-state index contributed by atoms with van der Waals surface area (Å²) in [4.78, 5) is 15.2. The molecule has 4 nitrogen and oxygen atoms in total. The minimum Gasteiger partial charge on any atom is -0.350 e. The predicted molar refractivity (Wildman–Crippen MR) is 96.8 cm³/mol. The Morgan fingerprint density at radius 2 is 1.96 bits per heavy atom. The molecule has 0 aliphatic heterocycles. The molecular weight excluding hydrogens is 330 g/mol. The summed E-state index contributed by atoms with van der Waals surface area (Å²) in [5.41, 5.74) is 6.92. The van der Waals surface area contributed by atoms with Gasteiger partial charge in [0.25, 0.3) is 0 Å². The number of halogens is 1. The SMILES string of the molecule is NCCN(CCc1ccccc1)CC(=O)NCc1ccc(Cl)s1. The van der Waals surface area contributed by atoms with Crippen molar-refractivity contribution in [1.82, 2.24) is 10.2 Å². The van der Waals surface area contributed by atoms with Crippen LogP contribution in [0.2, 0.25) is 4.34 Å². The lowest BCUT2D eigenvalue weighted by atomic mass is 10.1. The first-order valence-electron chi connectivity index (χ1n) is 7.64. The van der Waals surface area contributed by atoms with Crippen molar-refractivity contribution in [3.8, 4) is 0 Å². The molecule has 1 aromatic carbocycles. The highest BCUT2D eigenvalue weighted by Gasteiger charge is 2.10. The zero-order valence-corrected chi connectivity index (χ0v) is 14.6. The summed E-state index contributed by atoms with van der Waals surface area (Å²) in [6, 6.07) is 14.0. The second-order valence-corrected chi connectivity index (χ2v) is 7.08. The number of carbonyl (C=O) groups is 1. The Labute approximate surface area is 146 Å². The van der Waals surface area contributed by atoms with Gasteiger partial charge in [-0.3, -0.25) is 9.69 Å². The van der Waals surface area contributed by atoms with Crippen LogP contribution in [0.25, 0.3) is 0 Å². The summed E-state index contributed by atoms with van der Waals surface area (Å²) < 4.78 is 0.738. The summed E-state index contributed by atoms with van der Waals surface area (Å²) in [5, 5.41) is 2.93. The van der Waals surface area contributed by atoms with E-state index in [1.54, 1.807) is 0 Å². The van der Waals surface area contributed by atoms with E-state index in [-0.39, 0.29) is 5.91 Å². The number of nitrogens with two attached hydrogens (primary N) is 1. The highest BCUT2D eigenvalue weighted by Crippen LogP contribution is 2.20. The van der Waals surface area contributed by atoms with Gasteiger partial charge in [0.1, 0.15) is 0 Å². The van der Waals surface area contributed by atoms with Gasteiger partial charge in [-0.15, -0.1) is 11.3 Å². The number of thiophene rings is 1. The lowest BCUT2D eigenvalue weighted by molar-refractivity contribution is -0.122. The predicted octanol–water partition coefficient (Wildman–Crippen LogP) is 2.52. The fraction of sp³-hybridized carbons (Fsp3) is 0.353. The molecule has 0 aliphatic carbocycles. The number of nitrogens with zero attached hydrogens (tertiary/aromatic N) is 1. The van der Waals surface area contributed by atoms with Gasteiger partial charge in [0.2, 0.25) is 5.91 Å². The average Bonchev–Trinajstić information content (AvgIpc) is 2.97. The topological polar surface area (TPSA) is 58.4 Å². The van der Waals surface area contributed by atoms with Crippen molar-refractivity contribution >= 4 is 28.8 Å². The molecule has 0 aliphatic rings. The van der Waals surface area contributed by atoms with Gasteiger partial charge in [0, 0.05) is 24.5 Å². The summed E-state index contributed by atoms with van der Waals surface area (Å²) >= 11 is 7.37. The normalized spacial score (nSPS) is 10.9. The maximum Gasteiger partial charge on any atom is 0.234 e. The molecule has 0 radical (unpaired) electrons. The van der Waals surface area contributed by atoms with Crippen LogP contribution in [0.4, 0.5) is 0 Å². The van der Waals surface area contributed by atoms with Crippen molar-refractivity contribution in [3.05, 3.63) is 57.2 Å². The summed E-state index contributed by atoms with van der Waals surface area (Å²) in [7, 11) is 0. The highest BCUT2D eigenvalue weighted by atomic mass is 35.5. The Morgan fingerprint density at radius 3 is 2.61 bits per heavy atom. The summed E-state index contributed by atoms with van der Waals surface area (Å²) in [6.07, 6.45) is 0.911. The van der Waals surface area contributed by atoms with Crippen molar-refractivity contribution in [3.63, 3.8) is 0 Å². The molecule has 6 heteroatoms. The molecular formula is C17H22ClN3OS. The fourth-order valence-electron chi connectivity index (χ4n) is 2.28. The first-order valence-corrected chi connectivity index (χ1v) is 8.84. The maximum atomic E-state index is 12.1. The number of hydrogen-bond acceptors (Lipinski definition) is 4. The quantitative estimate of drug-likeness (QED) is 0.729. The van der Waals surface area contributed by atoms with Gasteiger partial charge >= 0.3 is 0 Å². The molecule has 124 valence electrons. The molecule has 3 N–H and O–H groups in total. The van der Waals surface area contributed by atoms with E-state index in [1.807, 2.05) is 30.3 Å². The van der Waals surface area contributed by atoms with E-state index in [1.165, 1.54) is 16.9 Å². The number of amides is 1. The first kappa shape index (κ1) is 17.9. The Balaban J connectivity index is 1.77. The molecule has 0 atom stereocenters. The number of benzene rings is 1. The van der Waals surface area contributed by atoms with Gasteiger partial charge in [-0.25, -0.2) is 0 Å². The van der Waals surface area contributed by atoms with Gasteiger partial charge in [0.15, 0.2) is 0 Å². The van der Waals surface area contributed by atoms with Crippen LogP contribution in [0.5, 0.6) is 0 Å². The summed E-state index contributed by atoms with van der Waals surface area (Å²) in [5.74, 6) is 0.0102. The molecule has 2 aromatic rings. The summed E-state index contributed by atoms with van der Waals surface area (Å²) in [6.45, 7) is 2.96. The smallest absolute Gasteiger partial charge is 0.234 e.